The molecule has 1 aromatic heterocycles. The number of nitrogens with zero attached hydrogens (tertiary/aromatic N) is 2. The summed E-state index contributed by atoms with van der Waals surface area (Å²) >= 11 is 0. The average molecular weight is 395 g/mol. The Balaban J connectivity index is 1.64. The summed E-state index contributed by atoms with van der Waals surface area (Å²) < 4.78 is 33.1. The van der Waals surface area contributed by atoms with Crippen LogP contribution in [-0.2, 0) is 6.42 Å². The van der Waals surface area contributed by atoms with Crippen LogP contribution in [0.5, 0.6) is 11.5 Å². The van der Waals surface area contributed by atoms with Gasteiger partial charge < -0.3 is 14.8 Å². The number of hydrogen-bond acceptors (Lipinski definition) is 4. The van der Waals surface area contributed by atoms with Crippen LogP contribution < -0.4 is 19.7 Å². The summed E-state index contributed by atoms with van der Waals surface area (Å²) in [5, 5.41) is 2.68. The highest BCUT2D eigenvalue weighted by atomic mass is 19.1. The van der Waals surface area contributed by atoms with Gasteiger partial charge in [0.05, 0.1) is 21.3 Å². The van der Waals surface area contributed by atoms with E-state index in [0.717, 1.165) is 5.56 Å². The van der Waals surface area contributed by atoms with Gasteiger partial charge in [-0.25, -0.2) is 9.18 Å². The summed E-state index contributed by atoms with van der Waals surface area (Å²) in [7, 11) is 3.09. The van der Waals surface area contributed by atoms with E-state index in [1.54, 1.807) is 48.7 Å². The van der Waals surface area contributed by atoms with Gasteiger partial charge in [0.2, 0.25) is 0 Å². The molecule has 2 heterocycles. The molecule has 6 nitrogen and oxygen atoms in total. The lowest BCUT2D eigenvalue weighted by molar-refractivity contribution is 0.257. The highest BCUT2D eigenvalue weighted by Crippen LogP contribution is 2.38. The molecule has 1 N–H and O–H groups in total. The van der Waals surface area contributed by atoms with E-state index >= 15 is 0 Å². The molecule has 0 fully saturated rings. The van der Waals surface area contributed by atoms with E-state index in [9.17, 15) is 9.18 Å². The summed E-state index contributed by atoms with van der Waals surface area (Å²) in [6, 6.07) is 9.13. The lowest BCUT2D eigenvalue weighted by atomic mass is 10.1. The van der Waals surface area contributed by atoms with E-state index < -0.39 is 11.8 Å². The number of carbonyl (C=O) groups is 1. The molecule has 4 rings (SSSR count). The zero-order valence-corrected chi connectivity index (χ0v) is 16.0. The van der Waals surface area contributed by atoms with Crippen LogP contribution in [0.1, 0.15) is 6.93 Å². The second kappa shape index (κ2) is 7.79. The van der Waals surface area contributed by atoms with Crippen LogP contribution in [0, 0.1) is 5.82 Å². The minimum absolute atomic E-state index is 0.0905. The van der Waals surface area contributed by atoms with E-state index in [-0.39, 0.29) is 11.7 Å². The van der Waals surface area contributed by atoms with Crippen molar-refractivity contribution in [3.05, 3.63) is 66.2 Å². The van der Waals surface area contributed by atoms with Crippen molar-refractivity contribution in [3.63, 3.8) is 0 Å². The van der Waals surface area contributed by atoms with Crippen LogP contribution in [0.2, 0.25) is 0 Å². The first-order valence-electron chi connectivity index (χ1n) is 9.55. The molecule has 1 aliphatic rings. The van der Waals surface area contributed by atoms with Gasteiger partial charge in [0, 0.05) is 36.3 Å². The van der Waals surface area contributed by atoms with Crippen molar-refractivity contribution in [2.24, 2.45) is 0 Å². The topological polar surface area (TPSA) is 63.7 Å². The number of methoxy groups -OCH3 is 2. The number of ether oxygens (including phenoxy) is 2. The molecule has 0 aliphatic carbocycles. The van der Waals surface area contributed by atoms with Gasteiger partial charge in [-0.3, -0.25) is 9.88 Å². The van der Waals surface area contributed by atoms with Crippen molar-refractivity contribution in [3.8, 4) is 22.6 Å². The number of amides is 2. The van der Waals surface area contributed by atoms with Crippen molar-refractivity contribution in [2.75, 3.05) is 31.0 Å². The Labute approximate surface area is 169 Å². The van der Waals surface area contributed by atoms with Crippen LogP contribution >= 0.6 is 0 Å². The van der Waals surface area contributed by atoms with E-state index in [1.807, 2.05) is 6.07 Å². The molecule has 3 aromatic rings. The summed E-state index contributed by atoms with van der Waals surface area (Å²) in [6.45, 7) is 0.454. The van der Waals surface area contributed by atoms with Crippen molar-refractivity contribution in [1.29, 1.82) is 0 Å². The second-order valence-electron chi connectivity index (χ2n) is 6.54. The van der Waals surface area contributed by atoms with Crippen molar-refractivity contribution >= 4 is 17.4 Å². The summed E-state index contributed by atoms with van der Waals surface area (Å²) in [6.07, 6.45) is 3.87. The Morgan fingerprint density at radius 2 is 2.00 bits per heavy atom. The quantitative estimate of drug-likeness (QED) is 0.707. The maximum atomic E-state index is 14.4. The third-order valence-electron chi connectivity index (χ3n) is 4.80. The number of benzene rings is 2. The average Bonchev–Trinajstić information content (AvgIpc) is 3.19. The monoisotopic (exact) mass is 395 g/mol. The van der Waals surface area contributed by atoms with Crippen LogP contribution in [0.3, 0.4) is 0 Å². The summed E-state index contributed by atoms with van der Waals surface area (Å²) in [5.41, 5.74) is 2.95. The number of halogens is 1. The molecule has 1 aliphatic heterocycles. The van der Waals surface area contributed by atoms with Crippen LogP contribution in [0.15, 0.2) is 54.8 Å². The number of aromatic nitrogens is 1. The third-order valence-corrected chi connectivity index (χ3v) is 4.80. The number of hydrogen-bond donors (Lipinski definition) is 1. The third kappa shape index (κ3) is 3.71. The minimum atomic E-state index is -0.722. The number of fused-ring (bicyclic) bond motifs is 1. The standard InChI is InChI=1S/C22H20FN3O3/c1-28-20-10-14-5-7-26(19(14)12-21(20)29-2)22(27)25-18-9-16(8-17(23)11-18)15-4-3-6-24-13-15/h3-4,6,8-13H,5,7H2,1-2H3,(H,25,27)/i11T. The maximum Gasteiger partial charge on any atom is 0.326 e. The Kier molecular flexibility index (Phi) is 4.70. The van der Waals surface area contributed by atoms with E-state index in [0.29, 0.717) is 41.3 Å². The number of pyridine rings is 1. The normalized spacial score (nSPS) is 12.9. The molecule has 0 bridgehead atoms. The van der Waals surface area contributed by atoms with Crippen molar-refractivity contribution in [1.82, 2.24) is 4.98 Å². The highest BCUT2D eigenvalue weighted by Gasteiger charge is 2.27. The predicted octanol–water partition coefficient (Wildman–Crippen LogP) is 4.50. The molecule has 0 spiro atoms. The van der Waals surface area contributed by atoms with Crippen LogP contribution in [0.25, 0.3) is 11.1 Å². The Bertz CT molecular complexity index is 1110. The second-order valence-corrected chi connectivity index (χ2v) is 6.54. The molecular weight excluding hydrogens is 373 g/mol. The minimum Gasteiger partial charge on any atom is -0.493 e. The van der Waals surface area contributed by atoms with Gasteiger partial charge in [0.1, 0.15) is 5.82 Å². The van der Waals surface area contributed by atoms with Gasteiger partial charge in [-0.15, -0.1) is 0 Å². The summed E-state index contributed by atoms with van der Waals surface area (Å²) in [4.78, 5) is 18.5. The number of anilines is 2. The Hall–Kier alpha value is -3.61. The molecule has 0 atom stereocenters. The van der Waals surface area contributed by atoms with Crippen LogP contribution in [-0.4, -0.2) is 31.8 Å². The molecule has 0 unspecified atom stereocenters. The predicted molar refractivity (Wildman–Crippen MR) is 109 cm³/mol. The fourth-order valence-electron chi connectivity index (χ4n) is 3.41. The van der Waals surface area contributed by atoms with E-state index in [2.05, 4.69) is 10.3 Å². The fraction of sp³-hybridized carbons (Fsp3) is 0.182. The number of urea groups is 1. The lowest BCUT2D eigenvalue weighted by Crippen LogP contribution is -2.33. The smallest absolute Gasteiger partial charge is 0.326 e. The number of carbonyl (C=O) groups excluding carboxylic acids is 1. The SMILES string of the molecule is [3H]c1c(F)cc(-c2cccnc2)cc1NC(=O)N1CCc2cc(OC)c(OC)cc21. The van der Waals surface area contributed by atoms with E-state index in [4.69, 9.17) is 10.8 Å². The molecule has 2 aromatic carbocycles. The fourth-order valence-corrected chi connectivity index (χ4v) is 3.41. The number of rotatable bonds is 4. The number of nitrogens with one attached hydrogen (secondary N) is 1. The molecule has 2 amide bonds. The first-order valence-corrected chi connectivity index (χ1v) is 9.05. The Morgan fingerprint density at radius 3 is 2.72 bits per heavy atom. The van der Waals surface area contributed by atoms with Gasteiger partial charge >= 0.3 is 6.03 Å². The maximum absolute atomic E-state index is 14.4. The van der Waals surface area contributed by atoms with Gasteiger partial charge in [-0.05, 0) is 47.9 Å². The molecule has 7 heteroatoms. The van der Waals surface area contributed by atoms with Crippen molar-refractivity contribution < 1.29 is 20.0 Å². The first-order chi connectivity index (χ1) is 14.5. The van der Waals surface area contributed by atoms with E-state index in [1.165, 1.54) is 13.2 Å². The molecular formula is C22H20FN3O3. The zero-order valence-electron chi connectivity index (χ0n) is 17.0. The van der Waals surface area contributed by atoms with Gasteiger partial charge in [-0.2, -0.15) is 0 Å². The molecule has 0 saturated heterocycles. The molecule has 148 valence electrons. The van der Waals surface area contributed by atoms with Crippen LogP contribution in [0.4, 0.5) is 20.6 Å². The molecule has 0 saturated carbocycles. The summed E-state index contributed by atoms with van der Waals surface area (Å²) in [5.74, 6) is 0.389. The Morgan fingerprint density at radius 1 is 1.21 bits per heavy atom. The molecule has 29 heavy (non-hydrogen) atoms. The zero-order chi connectivity index (χ0) is 21.3. The lowest BCUT2D eigenvalue weighted by Gasteiger charge is -2.19. The first kappa shape index (κ1) is 17.5. The largest absolute Gasteiger partial charge is 0.493 e. The highest BCUT2D eigenvalue weighted by molar-refractivity contribution is 6.03. The van der Waals surface area contributed by atoms with Gasteiger partial charge in [-0.1, -0.05) is 6.07 Å². The van der Waals surface area contributed by atoms with Gasteiger partial charge in [0.15, 0.2) is 11.5 Å². The van der Waals surface area contributed by atoms with Crippen molar-refractivity contribution in [2.45, 2.75) is 6.42 Å². The molecule has 0 radical (unpaired) electrons. The van der Waals surface area contributed by atoms with Gasteiger partial charge in [0.25, 0.3) is 0 Å².